The summed E-state index contributed by atoms with van der Waals surface area (Å²) < 4.78 is 0. The van der Waals surface area contributed by atoms with E-state index in [0.29, 0.717) is 5.92 Å². The number of rotatable bonds is 4. The summed E-state index contributed by atoms with van der Waals surface area (Å²) in [7, 11) is 1.96. The number of aromatic nitrogens is 1. The molecule has 2 rings (SSSR count). The van der Waals surface area contributed by atoms with Gasteiger partial charge in [0.15, 0.2) is 0 Å². The fourth-order valence-corrected chi connectivity index (χ4v) is 3.03. The van der Waals surface area contributed by atoms with Gasteiger partial charge in [0, 0.05) is 13.1 Å². The van der Waals surface area contributed by atoms with Gasteiger partial charge in [-0.1, -0.05) is 6.92 Å². The van der Waals surface area contributed by atoms with E-state index >= 15 is 0 Å². The molecule has 5 heteroatoms. The topological polar surface area (TPSA) is 45.2 Å². The maximum atomic E-state index is 12.2. The van der Waals surface area contributed by atoms with E-state index < -0.39 is 0 Å². The van der Waals surface area contributed by atoms with Gasteiger partial charge in [0.05, 0.1) is 11.2 Å². The van der Waals surface area contributed by atoms with Gasteiger partial charge in [-0.25, -0.2) is 4.98 Å². The van der Waals surface area contributed by atoms with Crippen molar-refractivity contribution in [2.45, 2.75) is 19.8 Å². The Morgan fingerprint density at radius 1 is 1.71 bits per heavy atom. The van der Waals surface area contributed by atoms with Crippen molar-refractivity contribution >= 4 is 17.2 Å². The van der Waals surface area contributed by atoms with Crippen LogP contribution in [0.5, 0.6) is 0 Å². The molecule has 1 aromatic heterocycles. The summed E-state index contributed by atoms with van der Waals surface area (Å²) in [6.45, 7) is 4.81. The molecule has 1 atom stereocenters. The van der Waals surface area contributed by atoms with Crippen LogP contribution in [-0.4, -0.2) is 42.5 Å². The lowest BCUT2D eigenvalue weighted by atomic mass is 10.1. The Hall–Kier alpha value is -0.940. The van der Waals surface area contributed by atoms with E-state index in [9.17, 15) is 4.79 Å². The Labute approximate surface area is 106 Å². The lowest BCUT2D eigenvalue weighted by Crippen LogP contribution is -2.29. The van der Waals surface area contributed by atoms with Gasteiger partial charge in [-0.05, 0) is 32.4 Å². The highest BCUT2D eigenvalue weighted by Crippen LogP contribution is 2.21. The molecule has 1 amide bonds. The third-order valence-corrected chi connectivity index (χ3v) is 4.26. The maximum absolute atomic E-state index is 12.2. The van der Waals surface area contributed by atoms with Crippen molar-refractivity contribution in [3.63, 3.8) is 0 Å². The van der Waals surface area contributed by atoms with E-state index in [2.05, 4.69) is 17.2 Å². The summed E-state index contributed by atoms with van der Waals surface area (Å²) in [6.07, 6.45) is 3.73. The monoisotopic (exact) mass is 253 g/mol. The third kappa shape index (κ3) is 2.84. The van der Waals surface area contributed by atoms with Crippen LogP contribution in [-0.2, 0) is 6.42 Å². The van der Waals surface area contributed by atoms with Crippen molar-refractivity contribution in [1.29, 1.82) is 0 Å². The zero-order chi connectivity index (χ0) is 12.3. The summed E-state index contributed by atoms with van der Waals surface area (Å²) in [5.74, 6) is 0.753. The van der Waals surface area contributed by atoms with Gasteiger partial charge in [-0.3, -0.25) is 4.79 Å². The molecule has 1 unspecified atom stereocenters. The highest BCUT2D eigenvalue weighted by Gasteiger charge is 2.27. The number of nitrogens with one attached hydrogen (secondary N) is 1. The van der Waals surface area contributed by atoms with Crippen molar-refractivity contribution in [1.82, 2.24) is 15.2 Å². The first kappa shape index (κ1) is 12.5. The number of likely N-dealkylation sites (tertiary alicyclic amines) is 1. The quantitative estimate of drug-likeness (QED) is 0.882. The Bertz CT molecular complexity index is 391. The SMILES string of the molecule is CCc1ncc(C(=O)N2CCC(CNC)C2)s1. The molecular formula is C12H19N3OS. The lowest BCUT2D eigenvalue weighted by Gasteiger charge is -2.15. The molecule has 1 aromatic rings. The predicted molar refractivity (Wildman–Crippen MR) is 69.4 cm³/mol. The van der Waals surface area contributed by atoms with Crippen LogP contribution in [0, 0.1) is 5.92 Å². The molecule has 1 saturated heterocycles. The van der Waals surface area contributed by atoms with E-state index in [1.165, 1.54) is 11.3 Å². The molecule has 2 heterocycles. The molecule has 0 aliphatic carbocycles. The summed E-state index contributed by atoms with van der Waals surface area (Å²) >= 11 is 1.52. The molecule has 0 radical (unpaired) electrons. The Morgan fingerprint density at radius 3 is 3.18 bits per heavy atom. The van der Waals surface area contributed by atoms with Crippen molar-refractivity contribution in [2.24, 2.45) is 5.92 Å². The van der Waals surface area contributed by atoms with Crippen molar-refractivity contribution in [2.75, 3.05) is 26.7 Å². The summed E-state index contributed by atoms with van der Waals surface area (Å²) in [6, 6.07) is 0. The molecular weight excluding hydrogens is 234 g/mol. The van der Waals surface area contributed by atoms with Gasteiger partial charge >= 0.3 is 0 Å². The average Bonchev–Trinajstić information content (AvgIpc) is 2.97. The van der Waals surface area contributed by atoms with Crippen LogP contribution in [0.1, 0.15) is 28.0 Å². The van der Waals surface area contributed by atoms with Gasteiger partial charge < -0.3 is 10.2 Å². The minimum absolute atomic E-state index is 0.154. The van der Waals surface area contributed by atoms with E-state index in [1.54, 1.807) is 6.20 Å². The summed E-state index contributed by atoms with van der Waals surface area (Å²) in [4.78, 5) is 19.2. The zero-order valence-electron chi connectivity index (χ0n) is 10.4. The average molecular weight is 253 g/mol. The minimum atomic E-state index is 0.154. The van der Waals surface area contributed by atoms with Gasteiger partial charge in [0.1, 0.15) is 4.88 Å². The van der Waals surface area contributed by atoms with Crippen LogP contribution in [0.15, 0.2) is 6.20 Å². The first-order valence-corrected chi connectivity index (χ1v) is 6.94. The molecule has 0 spiro atoms. The van der Waals surface area contributed by atoms with E-state index in [4.69, 9.17) is 0 Å². The highest BCUT2D eigenvalue weighted by molar-refractivity contribution is 7.13. The molecule has 1 fully saturated rings. The number of hydrogen-bond acceptors (Lipinski definition) is 4. The normalized spacial score (nSPS) is 19.9. The van der Waals surface area contributed by atoms with Crippen LogP contribution in [0.25, 0.3) is 0 Å². The smallest absolute Gasteiger partial charge is 0.265 e. The number of carbonyl (C=O) groups is 1. The molecule has 94 valence electrons. The van der Waals surface area contributed by atoms with Crippen LogP contribution >= 0.6 is 11.3 Å². The van der Waals surface area contributed by atoms with E-state index in [-0.39, 0.29) is 5.91 Å². The van der Waals surface area contributed by atoms with Crippen LogP contribution in [0.3, 0.4) is 0 Å². The highest BCUT2D eigenvalue weighted by atomic mass is 32.1. The van der Waals surface area contributed by atoms with Gasteiger partial charge in [-0.15, -0.1) is 11.3 Å². The van der Waals surface area contributed by atoms with Crippen molar-refractivity contribution in [3.05, 3.63) is 16.1 Å². The van der Waals surface area contributed by atoms with Crippen LogP contribution in [0.4, 0.5) is 0 Å². The number of hydrogen-bond donors (Lipinski definition) is 1. The summed E-state index contributed by atoms with van der Waals surface area (Å²) in [5.41, 5.74) is 0. The Balaban J connectivity index is 1.96. The molecule has 1 aliphatic rings. The van der Waals surface area contributed by atoms with E-state index in [0.717, 1.165) is 42.4 Å². The number of carbonyl (C=O) groups excluding carboxylic acids is 1. The zero-order valence-corrected chi connectivity index (χ0v) is 11.2. The molecule has 0 aromatic carbocycles. The third-order valence-electron chi connectivity index (χ3n) is 3.13. The molecule has 4 nitrogen and oxygen atoms in total. The summed E-state index contributed by atoms with van der Waals surface area (Å²) in [5, 5.41) is 4.22. The Kier molecular flexibility index (Phi) is 4.12. The second-order valence-electron chi connectivity index (χ2n) is 4.44. The number of amides is 1. The molecule has 0 bridgehead atoms. The minimum Gasteiger partial charge on any atom is -0.338 e. The molecule has 17 heavy (non-hydrogen) atoms. The first-order valence-electron chi connectivity index (χ1n) is 6.13. The first-order chi connectivity index (χ1) is 8.24. The second kappa shape index (κ2) is 5.60. The molecule has 1 N–H and O–H groups in total. The largest absolute Gasteiger partial charge is 0.338 e. The van der Waals surface area contributed by atoms with E-state index in [1.807, 2.05) is 11.9 Å². The fraction of sp³-hybridized carbons (Fsp3) is 0.667. The van der Waals surface area contributed by atoms with Gasteiger partial charge in [0.2, 0.25) is 0 Å². The standard InChI is InChI=1S/C12H19N3OS/c1-3-11-14-7-10(17-11)12(16)15-5-4-9(8-15)6-13-2/h7,9,13H,3-6,8H2,1-2H3. The van der Waals surface area contributed by atoms with Crippen molar-refractivity contribution in [3.8, 4) is 0 Å². The second-order valence-corrected chi connectivity index (χ2v) is 5.55. The van der Waals surface area contributed by atoms with Gasteiger partial charge in [-0.2, -0.15) is 0 Å². The number of nitrogens with zero attached hydrogens (tertiary/aromatic N) is 2. The van der Waals surface area contributed by atoms with Gasteiger partial charge in [0.25, 0.3) is 5.91 Å². The van der Waals surface area contributed by atoms with Crippen molar-refractivity contribution < 1.29 is 4.79 Å². The molecule has 1 aliphatic heterocycles. The fourth-order valence-electron chi connectivity index (χ4n) is 2.20. The molecule has 0 saturated carbocycles. The maximum Gasteiger partial charge on any atom is 0.265 e. The van der Waals surface area contributed by atoms with Crippen LogP contribution < -0.4 is 5.32 Å². The number of aryl methyl sites for hydroxylation is 1. The Morgan fingerprint density at radius 2 is 2.53 bits per heavy atom. The predicted octanol–water partition coefficient (Wildman–Crippen LogP) is 1.39. The van der Waals surface area contributed by atoms with Crippen LogP contribution in [0.2, 0.25) is 0 Å². The number of thiazole rings is 1. The lowest BCUT2D eigenvalue weighted by molar-refractivity contribution is 0.0792.